The molecule has 6 rings (SSSR count). The van der Waals surface area contributed by atoms with Gasteiger partial charge in [-0.05, 0) is 48.7 Å². The van der Waals surface area contributed by atoms with Crippen LogP contribution in [0.2, 0.25) is 5.02 Å². The van der Waals surface area contributed by atoms with Gasteiger partial charge in [-0.25, -0.2) is 4.98 Å². The predicted molar refractivity (Wildman–Crippen MR) is 143 cm³/mol. The maximum Gasteiger partial charge on any atom is 0.309 e. The summed E-state index contributed by atoms with van der Waals surface area (Å²) in [5, 5.41) is 12.9. The Bertz CT molecular complexity index is 1710. The van der Waals surface area contributed by atoms with Crippen LogP contribution >= 0.6 is 11.6 Å². The Kier molecular flexibility index (Phi) is 5.51. The Morgan fingerprint density at radius 1 is 1.19 bits per heavy atom. The molecule has 2 aromatic carbocycles. The van der Waals surface area contributed by atoms with Gasteiger partial charge in [-0.1, -0.05) is 42.8 Å². The normalized spacial score (nSPS) is 18.4. The summed E-state index contributed by atoms with van der Waals surface area (Å²) in [6.45, 7) is 3.86. The standard InChI is InChI=1S/C29H24ClN3O4/c1-3-29(36)12-26(34)37-15-21-22(29)11-25-27-20(14-33(25)28(21)35)19(18-6-4-5-7-24(18)32-27)13-31-17-9-8-16(2)23(30)10-17/h4-11,13,36H,3,12,14-15H2,1-2H3. The summed E-state index contributed by atoms with van der Waals surface area (Å²) in [6.07, 6.45) is 1.87. The van der Waals surface area contributed by atoms with E-state index in [9.17, 15) is 14.7 Å². The molecule has 8 heteroatoms. The van der Waals surface area contributed by atoms with Crippen LogP contribution in [0.15, 0.2) is 58.3 Å². The number of aryl methyl sites for hydroxylation is 1. The van der Waals surface area contributed by atoms with Gasteiger partial charge in [0.05, 0.1) is 41.1 Å². The lowest BCUT2D eigenvalue weighted by Gasteiger charge is -2.26. The maximum atomic E-state index is 13.7. The molecule has 0 fully saturated rings. The molecule has 0 radical (unpaired) electrons. The molecule has 1 N–H and O–H groups in total. The summed E-state index contributed by atoms with van der Waals surface area (Å²) < 4.78 is 6.92. The van der Waals surface area contributed by atoms with E-state index >= 15 is 0 Å². The fourth-order valence-corrected chi connectivity index (χ4v) is 5.38. The molecular weight excluding hydrogens is 490 g/mol. The van der Waals surface area contributed by atoms with Crippen LogP contribution in [-0.4, -0.2) is 26.8 Å². The largest absolute Gasteiger partial charge is 0.460 e. The van der Waals surface area contributed by atoms with Gasteiger partial charge in [-0.2, -0.15) is 0 Å². The zero-order chi connectivity index (χ0) is 25.9. The topological polar surface area (TPSA) is 93.8 Å². The molecule has 2 aliphatic rings. The number of aliphatic hydroxyl groups is 1. The molecule has 2 aromatic heterocycles. The van der Waals surface area contributed by atoms with Crippen molar-refractivity contribution in [3.63, 3.8) is 0 Å². The zero-order valence-electron chi connectivity index (χ0n) is 20.4. The number of benzene rings is 2. The van der Waals surface area contributed by atoms with E-state index < -0.39 is 11.6 Å². The van der Waals surface area contributed by atoms with Crippen molar-refractivity contribution < 1.29 is 14.6 Å². The Morgan fingerprint density at radius 2 is 2.00 bits per heavy atom. The number of hydrogen-bond acceptors (Lipinski definition) is 6. The zero-order valence-corrected chi connectivity index (χ0v) is 21.2. The molecule has 0 amide bonds. The quantitative estimate of drug-likeness (QED) is 0.265. The number of aromatic nitrogens is 2. The van der Waals surface area contributed by atoms with Crippen LogP contribution in [-0.2, 0) is 28.3 Å². The molecule has 0 saturated heterocycles. The number of esters is 1. The lowest BCUT2D eigenvalue weighted by molar-refractivity contribution is -0.149. The van der Waals surface area contributed by atoms with Crippen LogP contribution in [0.1, 0.15) is 47.6 Å². The average Bonchev–Trinajstić information content (AvgIpc) is 3.19. The fraction of sp³-hybridized carbons (Fsp3) is 0.241. The fourth-order valence-electron chi connectivity index (χ4n) is 5.21. The van der Waals surface area contributed by atoms with Crippen molar-refractivity contribution in [2.75, 3.05) is 0 Å². The highest BCUT2D eigenvalue weighted by molar-refractivity contribution is 6.31. The lowest BCUT2D eigenvalue weighted by atomic mass is 9.85. The number of cyclic esters (lactones) is 1. The molecule has 0 bridgehead atoms. The van der Waals surface area contributed by atoms with Crippen LogP contribution < -0.4 is 5.56 Å². The Labute approximate surface area is 218 Å². The van der Waals surface area contributed by atoms with E-state index in [-0.39, 0.29) is 25.0 Å². The number of fused-ring (bicyclic) bond motifs is 5. The molecule has 1 unspecified atom stereocenters. The van der Waals surface area contributed by atoms with Crippen LogP contribution in [0.5, 0.6) is 0 Å². The highest BCUT2D eigenvalue weighted by Gasteiger charge is 2.39. The molecule has 37 heavy (non-hydrogen) atoms. The number of ether oxygens (including phenoxy) is 1. The molecule has 2 aliphatic heterocycles. The first-order chi connectivity index (χ1) is 17.8. The summed E-state index contributed by atoms with van der Waals surface area (Å²) in [4.78, 5) is 35.5. The first-order valence-corrected chi connectivity index (χ1v) is 12.5. The molecule has 186 valence electrons. The van der Waals surface area contributed by atoms with E-state index in [1.165, 1.54) is 0 Å². The second-order valence-electron chi connectivity index (χ2n) is 9.60. The number of aliphatic imine (C=N–C) groups is 1. The number of pyridine rings is 2. The number of rotatable bonds is 3. The minimum atomic E-state index is -1.48. The molecule has 4 heterocycles. The van der Waals surface area contributed by atoms with E-state index in [0.717, 1.165) is 33.3 Å². The Morgan fingerprint density at radius 3 is 2.78 bits per heavy atom. The van der Waals surface area contributed by atoms with Crippen LogP contribution in [0.4, 0.5) is 5.69 Å². The first-order valence-electron chi connectivity index (χ1n) is 12.2. The lowest BCUT2D eigenvalue weighted by Crippen LogP contribution is -2.32. The van der Waals surface area contributed by atoms with Gasteiger partial charge in [-0.15, -0.1) is 0 Å². The molecule has 1 atom stereocenters. The number of carbonyl (C=O) groups is 1. The van der Waals surface area contributed by atoms with E-state index in [4.69, 9.17) is 26.3 Å². The predicted octanol–water partition coefficient (Wildman–Crippen LogP) is 5.18. The number of halogens is 1. The van der Waals surface area contributed by atoms with Gasteiger partial charge >= 0.3 is 5.97 Å². The maximum absolute atomic E-state index is 13.7. The summed E-state index contributed by atoms with van der Waals surface area (Å²) in [6, 6.07) is 15.2. The minimum Gasteiger partial charge on any atom is -0.460 e. The van der Waals surface area contributed by atoms with Gasteiger partial charge in [-0.3, -0.25) is 14.6 Å². The van der Waals surface area contributed by atoms with E-state index in [1.54, 1.807) is 23.8 Å². The van der Waals surface area contributed by atoms with Gasteiger partial charge in [0.1, 0.15) is 12.2 Å². The molecule has 7 nitrogen and oxygen atoms in total. The van der Waals surface area contributed by atoms with Crippen LogP contribution in [0, 0.1) is 6.92 Å². The molecule has 0 saturated carbocycles. The van der Waals surface area contributed by atoms with Crippen molar-refractivity contribution in [2.24, 2.45) is 4.99 Å². The van der Waals surface area contributed by atoms with Gasteiger partial charge < -0.3 is 14.4 Å². The summed E-state index contributed by atoms with van der Waals surface area (Å²) in [5.74, 6) is -0.524. The minimum absolute atomic E-state index is 0.163. The highest BCUT2D eigenvalue weighted by Crippen LogP contribution is 2.40. The number of hydrogen-bond donors (Lipinski definition) is 1. The van der Waals surface area contributed by atoms with Crippen molar-refractivity contribution >= 4 is 40.4 Å². The molecule has 0 aliphatic carbocycles. The number of para-hydroxylation sites is 1. The SMILES string of the molecule is CCC1(O)CC(=O)OCc2c1cc1n(c2=O)Cc2c-1nc1ccccc1c2C=Nc1ccc(C)c(Cl)c1. The average molecular weight is 514 g/mol. The highest BCUT2D eigenvalue weighted by atomic mass is 35.5. The molecular formula is C29H24ClN3O4. The second kappa shape index (κ2) is 8.64. The third-order valence-electron chi connectivity index (χ3n) is 7.40. The van der Waals surface area contributed by atoms with Crippen molar-refractivity contribution in [3.05, 3.63) is 91.7 Å². The smallest absolute Gasteiger partial charge is 0.309 e. The van der Waals surface area contributed by atoms with E-state index in [0.29, 0.717) is 34.1 Å². The second-order valence-corrected chi connectivity index (χ2v) is 10.0. The molecule has 0 spiro atoms. The van der Waals surface area contributed by atoms with Gasteiger partial charge in [0.25, 0.3) is 5.56 Å². The summed E-state index contributed by atoms with van der Waals surface area (Å²) >= 11 is 6.31. The van der Waals surface area contributed by atoms with Crippen LogP contribution in [0.25, 0.3) is 22.3 Å². The summed E-state index contributed by atoms with van der Waals surface area (Å²) in [5.41, 5.74) is 4.45. The van der Waals surface area contributed by atoms with Crippen molar-refractivity contribution in [2.45, 2.75) is 45.4 Å². The number of nitrogens with zero attached hydrogens (tertiary/aromatic N) is 3. The van der Waals surface area contributed by atoms with Crippen molar-refractivity contribution in [3.8, 4) is 11.4 Å². The van der Waals surface area contributed by atoms with E-state index in [2.05, 4.69) is 0 Å². The molecule has 4 aromatic rings. The third-order valence-corrected chi connectivity index (χ3v) is 7.80. The number of carbonyl (C=O) groups excluding carboxylic acids is 1. The third kappa shape index (κ3) is 3.77. The van der Waals surface area contributed by atoms with Gasteiger partial charge in [0.15, 0.2) is 0 Å². The van der Waals surface area contributed by atoms with Crippen LogP contribution in [0.3, 0.4) is 0 Å². The summed E-state index contributed by atoms with van der Waals surface area (Å²) in [7, 11) is 0. The first kappa shape index (κ1) is 23.6. The van der Waals surface area contributed by atoms with Crippen molar-refractivity contribution in [1.29, 1.82) is 0 Å². The monoisotopic (exact) mass is 513 g/mol. The van der Waals surface area contributed by atoms with E-state index in [1.807, 2.05) is 49.4 Å². The Balaban J connectivity index is 1.57. The van der Waals surface area contributed by atoms with Gasteiger partial charge in [0, 0.05) is 27.8 Å². The van der Waals surface area contributed by atoms with Crippen molar-refractivity contribution in [1.82, 2.24) is 9.55 Å². The van der Waals surface area contributed by atoms with Gasteiger partial charge in [0.2, 0.25) is 0 Å². The Hall–Kier alpha value is -3.81.